The summed E-state index contributed by atoms with van der Waals surface area (Å²) < 4.78 is 25.8. The molecule has 0 N–H and O–H groups in total. The molecule has 17 heavy (non-hydrogen) atoms. The summed E-state index contributed by atoms with van der Waals surface area (Å²) in [5.74, 6) is 0. The molecule has 0 aliphatic heterocycles. The standard InChI is InChI=1S/C10H9N3O2S2/c1-13-8-7(12-10(13)17(2,14)15)5-11-6-3-4-16-9(6)8/h3-5H,1-2H3. The molecular weight excluding hydrogens is 258 g/mol. The molecule has 0 aliphatic rings. The van der Waals surface area contributed by atoms with Crippen molar-refractivity contribution in [1.29, 1.82) is 0 Å². The predicted octanol–water partition coefficient (Wildman–Crippen LogP) is 1.59. The molecule has 3 aromatic heterocycles. The molecule has 3 heterocycles. The first-order chi connectivity index (χ1) is 7.98. The van der Waals surface area contributed by atoms with Crippen LogP contribution in [-0.2, 0) is 16.9 Å². The summed E-state index contributed by atoms with van der Waals surface area (Å²) in [4.78, 5) is 8.38. The van der Waals surface area contributed by atoms with E-state index in [2.05, 4.69) is 9.97 Å². The zero-order valence-corrected chi connectivity index (χ0v) is 10.8. The molecule has 7 heteroatoms. The summed E-state index contributed by atoms with van der Waals surface area (Å²) in [6.07, 6.45) is 2.77. The van der Waals surface area contributed by atoms with E-state index in [1.807, 2.05) is 11.4 Å². The van der Waals surface area contributed by atoms with Crippen LogP contribution in [0.2, 0.25) is 0 Å². The summed E-state index contributed by atoms with van der Waals surface area (Å²) in [5, 5.41) is 2.01. The molecule has 0 amide bonds. The Morgan fingerprint density at radius 1 is 1.35 bits per heavy atom. The van der Waals surface area contributed by atoms with Crippen molar-refractivity contribution in [3.63, 3.8) is 0 Å². The summed E-state index contributed by atoms with van der Waals surface area (Å²) in [6, 6.07) is 1.91. The van der Waals surface area contributed by atoms with Crippen LogP contribution in [0.25, 0.3) is 21.3 Å². The van der Waals surface area contributed by atoms with Gasteiger partial charge in [0.1, 0.15) is 5.52 Å². The van der Waals surface area contributed by atoms with E-state index in [0.29, 0.717) is 5.52 Å². The number of aryl methyl sites for hydroxylation is 1. The van der Waals surface area contributed by atoms with Crippen LogP contribution in [0, 0.1) is 0 Å². The van der Waals surface area contributed by atoms with Gasteiger partial charge in [0.15, 0.2) is 0 Å². The summed E-state index contributed by atoms with van der Waals surface area (Å²) in [5.41, 5.74) is 2.30. The van der Waals surface area contributed by atoms with Crippen molar-refractivity contribution in [3.8, 4) is 0 Å². The van der Waals surface area contributed by atoms with Gasteiger partial charge in [-0.05, 0) is 11.4 Å². The predicted molar refractivity (Wildman–Crippen MR) is 67.0 cm³/mol. The molecule has 0 saturated heterocycles. The highest BCUT2D eigenvalue weighted by molar-refractivity contribution is 7.90. The number of pyridine rings is 1. The van der Waals surface area contributed by atoms with Gasteiger partial charge in [-0.1, -0.05) is 0 Å². The van der Waals surface area contributed by atoms with Gasteiger partial charge in [0.2, 0.25) is 15.0 Å². The zero-order chi connectivity index (χ0) is 12.2. The fourth-order valence-corrected chi connectivity index (χ4v) is 3.68. The minimum Gasteiger partial charge on any atom is -0.317 e. The van der Waals surface area contributed by atoms with Crippen molar-refractivity contribution in [2.45, 2.75) is 5.16 Å². The Labute approximate surface area is 102 Å². The average Bonchev–Trinajstić information content (AvgIpc) is 2.80. The van der Waals surface area contributed by atoms with Crippen molar-refractivity contribution < 1.29 is 8.42 Å². The Morgan fingerprint density at radius 3 is 2.82 bits per heavy atom. The third kappa shape index (κ3) is 1.46. The minimum absolute atomic E-state index is 0.0789. The number of hydrogen-bond donors (Lipinski definition) is 0. The molecule has 0 aliphatic carbocycles. The molecule has 0 saturated carbocycles. The van der Waals surface area contributed by atoms with Crippen LogP contribution >= 0.6 is 11.3 Å². The smallest absolute Gasteiger partial charge is 0.228 e. The summed E-state index contributed by atoms with van der Waals surface area (Å²) in [7, 11) is -1.61. The van der Waals surface area contributed by atoms with Gasteiger partial charge in [0, 0.05) is 13.3 Å². The first-order valence-corrected chi connectivity index (χ1v) is 7.64. The molecule has 0 atom stereocenters. The van der Waals surface area contributed by atoms with Gasteiger partial charge in [0.25, 0.3) is 0 Å². The molecule has 0 bridgehead atoms. The van der Waals surface area contributed by atoms with Gasteiger partial charge in [-0.2, -0.15) is 0 Å². The maximum absolute atomic E-state index is 11.6. The number of aromatic nitrogens is 3. The van der Waals surface area contributed by atoms with Gasteiger partial charge in [-0.3, -0.25) is 4.98 Å². The Morgan fingerprint density at radius 2 is 2.12 bits per heavy atom. The molecule has 0 spiro atoms. The van der Waals surface area contributed by atoms with E-state index in [0.717, 1.165) is 22.0 Å². The topological polar surface area (TPSA) is 64.8 Å². The zero-order valence-electron chi connectivity index (χ0n) is 9.21. The number of nitrogens with zero attached hydrogens (tertiary/aromatic N) is 3. The first-order valence-electron chi connectivity index (χ1n) is 4.87. The van der Waals surface area contributed by atoms with Crippen molar-refractivity contribution in [3.05, 3.63) is 17.6 Å². The fourth-order valence-electron chi connectivity index (χ4n) is 1.90. The lowest BCUT2D eigenvalue weighted by molar-refractivity contribution is 0.587. The highest BCUT2D eigenvalue weighted by atomic mass is 32.2. The van der Waals surface area contributed by atoms with Gasteiger partial charge < -0.3 is 4.57 Å². The number of imidazole rings is 1. The number of hydrogen-bond acceptors (Lipinski definition) is 5. The largest absolute Gasteiger partial charge is 0.317 e. The van der Waals surface area contributed by atoms with E-state index in [4.69, 9.17) is 0 Å². The number of rotatable bonds is 1. The van der Waals surface area contributed by atoms with Gasteiger partial charge >= 0.3 is 0 Å². The summed E-state index contributed by atoms with van der Waals surface area (Å²) in [6.45, 7) is 0. The number of thiophene rings is 1. The normalized spacial score (nSPS) is 12.6. The van der Waals surface area contributed by atoms with Crippen LogP contribution in [0.4, 0.5) is 0 Å². The third-order valence-corrected chi connectivity index (χ3v) is 4.54. The second-order valence-corrected chi connectivity index (χ2v) is 6.68. The molecule has 0 aromatic carbocycles. The average molecular weight is 267 g/mol. The number of sulfone groups is 1. The van der Waals surface area contributed by atoms with E-state index >= 15 is 0 Å². The minimum atomic E-state index is -3.32. The quantitative estimate of drug-likeness (QED) is 0.671. The summed E-state index contributed by atoms with van der Waals surface area (Å²) >= 11 is 1.54. The second kappa shape index (κ2) is 3.27. The Kier molecular flexibility index (Phi) is 2.05. The molecular formula is C10H9N3O2S2. The highest BCUT2D eigenvalue weighted by Crippen LogP contribution is 2.29. The van der Waals surface area contributed by atoms with Crippen molar-refractivity contribution in [2.24, 2.45) is 7.05 Å². The van der Waals surface area contributed by atoms with E-state index in [1.54, 1.807) is 17.8 Å². The Bertz CT molecular complexity index is 830. The van der Waals surface area contributed by atoms with Crippen molar-refractivity contribution in [2.75, 3.05) is 6.26 Å². The van der Waals surface area contributed by atoms with Crippen LogP contribution in [0.5, 0.6) is 0 Å². The molecule has 5 nitrogen and oxygen atoms in total. The Balaban J connectivity index is 2.56. The molecule has 3 aromatic rings. The Hall–Kier alpha value is -1.47. The SMILES string of the molecule is Cn1c(S(C)(=O)=O)nc2cnc3ccsc3c21. The van der Waals surface area contributed by atoms with Gasteiger partial charge in [0.05, 0.1) is 21.9 Å². The third-order valence-electron chi connectivity index (χ3n) is 2.60. The van der Waals surface area contributed by atoms with E-state index in [1.165, 1.54) is 11.3 Å². The van der Waals surface area contributed by atoms with E-state index < -0.39 is 9.84 Å². The number of fused-ring (bicyclic) bond motifs is 3. The lowest BCUT2D eigenvalue weighted by Gasteiger charge is -1.99. The van der Waals surface area contributed by atoms with Crippen LogP contribution in [0.1, 0.15) is 0 Å². The molecule has 88 valence electrons. The van der Waals surface area contributed by atoms with Crippen molar-refractivity contribution >= 4 is 42.4 Å². The van der Waals surface area contributed by atoms with Crippen LogP contribution < -0.4 is 0 Å². The molecule has 0 fully saturated rings. The van der Waals surface area contributed by atoms with Crippen LogP contribution in [0.3, 0.4) is 0 Å². The monoisotopic (exact) mass is 267 g/mol. The van der Waals surface area contributed by atoms with Gasteiger partial charge in [-0.25, -0.2) is 13.4 Å². The molecule has 0 radical (unpaired) electrons. The molecule has 0 unspecified atom stereocenters. The molecule has 3 rings (SSSR count). The maximum atomic E-state index is 11.6. The maximum Gasteiger partial charge on any atom is 0.228 e. The van der Waals surface area contributed by atoms with E-state index in [9.17, 15) is 8.42 Å². The first kappa shape index (κ1) is 10.7. The van der Waals surface area contributed by atoms with Crippen LogP contribution in [-0.4, -0.2) is 29.2 Å². The lowest BCUT2D eigenvalue weighted by Crippen LogP contribution is -2.05. The highest BCUT2D eigenvalue weighted by Gasteiger charge is 2.19. The van der Waals surface area contributed by atoms with Crippen LogP contribution in [0.15, 0.2) is 22.8 Å². The van der Waals surface area contributed by atoms with E-state index in [-0.39, 0.29) is 5.16 Å². The van der Waals surface area contributed by atoms with Gasteiger partial charge in [-0.15, -0.1) is 11.3 Å². The lowest BCUT2D eigenvalue weighted by atomic mass is 10.3. The fraction of sp³-hybridized carbons (Fsp3) is 0.200. The second-order valence-electron chi connectivity index (χ2n) is 3.85. The van der Waals surface area contributed by atoms with Crippen molar-refractivity contribution in [1.82, 2.24) is 14.5 Å².